The van der Waals surface area contributed by atoms with Crippen LogP contribution >= 0.6 is 0 Å². The van der Waals surface area contributed by atoms with Crippen molar-refractivity contribution in [2.24, 2.45) is 91.2 Å². The van der Waals surface area contributed by atoms with Crippen LogP contribution in [0.4, 0.5) is 13.6 Å². The summed E-state index contributed by atoms with van der Waals surface area (Å²) in [5, 5.41) is 17.1. The van der Waals surface area contributed by atoms with Gasteiger partial charge in [0.1, 0.15) is 18.8 Å². The van der Waals surface area contributed by atoms with Crippen LogP contribution in [0.25, 0.3) is 0 Å². The van der Waals surface area contributed by atoms with Gasteiger partial charge in [-0.15, -0.1) is 0 Å². The molecule has 9 aliphatic rings. The minimum absolute atomic E-state index is 0.103. The van der Waals surface area contributed by atoms with Gasteiger partial charge in [0.05, 0.1) is 37.5 Å². The highest BCUT2D eigenvalue weighted by molar-refractivity contribution is 5.79. The molecule has 0 aliphatic carbocycles. The van der Waals surface area contributed by atoms with Crippen LogP contribution in [0.3, 0.4) is 0 Å². The van der Waals surface area contributed by atoms with Crippen LogP contribution in [0.1, 0.15) is 289 Å². The largest absolute Gasteiger partial charge is 0.383 e. The van der Waals surface area contributed by atoms with Crippen molar-refractivity contribution in [1.82, 2.24) is 49.0 Å². The summed E-state index contributed by atoms with van der Waals surface area (Å²) in [6.45, 7) is 81.4. The lowest BCUT2D eigenvalue weighted by Crippen LogP contribution is -2.49. The summed E-state index contributed by atoms with van der Waals surface area (Å²) < 4.78 is 43.5. The number of hydrogen-bond donors (Lipinski definition) is 0. The highest BCUT2D eigenvalue weighted by Gasteiger charge is 2.42. The monoisotopic (exact) mass is 1670 g/mol. The smallest absolute Gasteiger partial charge is 0.319 e. The van der Waals surface area contributed by atoms with Gasteiger partial charge in [-0.25, -0.2) is 13.6 Å². The lowest BCUT2D eigenvalue weighted by atomic mass is 9.73. The van der Waals surface area contributed by atoms with Gasteiger partial charge >= 0.3 is 6.03 Å². The molecular formula is C98H190F2N12O6. The molecule has 0 bridgehead atoms. The Hall–Kier alpha value is -3.31. The summed E-state index contributed by atoms with van der Waals surface area (Å²) in [5.41, 5.74) is 2.35. The second-order valence-corrected chi connectivity index (χ2v) is 45.0. The Morgan fingerprint density at radius 1 is 0.432 bits per heavy atom. The second kappa shape index (κ2) is 53.2. The van der Waals surface area contributed by atoms with Crippen LogP contribution in [0.2, 0.25) is 0 Å². The number of amides is 4. The van der Waals surface area contributed by atoms with Crippen molar-refractivity contribution in [2.75, 3.05) is 193 Å². The highest BCUT2D eigenvalue weighted by atomic mass is 19.1. The van der Waals surface area contributed by atoms with Crippen molar-refractivity contribution in [3.8, 4) is 12.1 Å². The molecule has 0 N–H and O–H groups in total. The number of piperidine rings is 9. The Bertz CT molecular complexity index is 2780. The van der Waals surface area contributed by atoms with E-state index in [9.17, 15) is 23.2 Å². The Morgan fingerprint density at radius 3 is 1.25 bits per heavy atom. The number of carbonyl (C=O) groups excluding carboxylic acids is 3. The van der Waals surface area contributed by atoms with Crippen LogP contribution in [-0.4, -0.2) is 291 Å². The second-order valence-electron chi connectivity index (χ2n) is 45.0. The Kier molecular flexibility index (Phi) is 50.0. The molecule has 0 radical (unpaired) electrons. The van der Waals surface area contributed by atoms with Crippen molar-refractivity contribution in [3.05, 3.63) is 0 Å². The molecule has 8 atom stereocenters. The number of methoxy groups -OCH3 is 3. The van der Waals surface area contributed by atoms with E-state index in [1.807, 2.05) is 52.9 Å². The number of alkyl halides is 2. The number of nitriles is 2. The molecule has 6 unspecified atom stereocenters. The third-order valence-electron chi connectivity index (χ3n) is 28.1. The van der Waals surface area contributed by atoms with Gasteiger partial charge in [0.25, 0.3) is 0 Å². The number of carbonyl (C=O) groups is 3. The molecule has 9 rings (SSSR count). The first-order chi connectivity index (χ1) is 54.7. The molecule has 4 amide bonds. The maximum absolute atomic E-state index is 13.8. The first kappa shape index (κ1) is 111. The molecule has 9 fully saturated rings. The molecule has 0 spiro atoms. The number of likely N-dealkylation sites (tertiary alicyclic amines) is 9. The van der Waals surface area contributed by atoms with E-state index in [1.165, 1.54) is 103 Å². The molecule has 0 aromatic rings. The first-order valence-electron chi connectivity index (χ1n) is 47.1. The molecule has 0 aromatic carbocycles. The van der Waals surface area contributed by atoms with Crippen molar-refractivity contribution < 1.29 is 37.4 Å². The Labute approximate surface area is 727 Å². The maximum Gasteiger partial charge on any atom is 0.319 e. The summed E-state index contributed by atoms with van der Waals surface area (Å²) in [6.07, 6.45) is 17.6. The number of halogens is 2. The van der Waals surface area contributed by atoms with Crippen LogP contribution in [0.5, 0.6) is 0 Å². The quantitative estimate of drug-likeness (QED) is 0.171. The van der Waals surface area contributed by atoms with Crippen molar-refractivity contribution in [3.63, 3.8) is 0 Å². The third-order valence-corrected chi connectivity index (χ3v) is 28.1. The van der Waals surface area contributed by atoms with Crippen molar-refractivity contribution in [1.29, 1.82) is 10.5 Å². The first-order valence-corrected chi connectivity index (χ1v) is 47.1. The van der Waals surface area contributed by atoms with E-state index in [-0.39, 0.29) is 29.7 Å². The number of ether oxygens (including phenoxy) is 3. The summed E-state index contributed by atoms with van der Waals surface area (Å²) in [6, 6.07) is 4.94. The fourth-order valence-corrected chi connectivity index (χ4v) is 19.2. The highest BCUT2D eigenvalue weighted by Crippen LogP contribution is 2.41. The van der Waals surface area contributed by atoms with E-state index in [0.717, 1.165) is 141 Å². The number of urea groups is 1. The molecule has 20 heteroatoms. The Balaban J connectivity index is 0.000000459. The van der Waals surface area contributed by atoms with Gasteiger partial charge < -0.3 is 53.4 Å². The zero-order valence-corrected chi connectivity index (χ0v) is 82.9. The fourth-order valence-electron chi connectivity index (χ4n) is 19.2. The number of rotatable bonds is 13. The van der Waals surface area contributed by atoms with E-state index in [0.29, 0.717) is 113 Å². The van der Waals surface area contributed by atoms with Gasteiger partial charge in [-0.1, -0.05) is 166 Å². The standard InChI is InChI=1S/C16H30N2O.C13H24N2O.C12H19FN2O.C12H24N2O.C12H25NO.C12H25N.C11H23NO.C10H20FN/c1-16(2,3)14-7-11-17(12-8-14)13-15(19)18-9-5-4-6-10-18;1-13(2,3)11-6-9-15(8-5-7-14)10-12(11)16-4;1-12(2,3)9-8-15(7-5-10(9)13)11(16)4-6-14;1-12(2,3)10-6-8-14(9-7-10)11(15)13(4)5;1-12(2,3)11-5-7-13(8-6-11)9-10-14-4;1-10(2)13-8-6-11(7-9-13)12(3,4)5;1-11(2,3)9-6-7-12(4)8-10(9)13-5;1-4-12-6-5-9(8(2)3)10(11)7-12/h14H,4-13H2,1-3H3;11-12H,5-6,8-10H2,1-4H3;9-10H,4-5,7-8H2,1-3H3;10H,6-9H2,1-5H3;11H,5-10H2,1-4H3;10-11H,6-9H2,1-5H3;9-10H,6-8H2,1-5H3;8-10H,4-7H2,1-3H3/t;;;;;;;9-,10-/m.......0/s1. The van der Waals surface area contributed by atoms with Gasteiger partial charge in [-0.2, -0.15) is 10.5 Å². The van der Waals surface area contributed by atoms with Crippen LogP contribution in [0, 0.1) is 114 Å². The van der Waals surface area contributed by atoms with Gasteiger partial charge in [-0.3, -0.25) is 19.4 Å². The van der Waals surface area contributed by atoms with Gasteiger partial charge in [0, 0.05) is 126 Å². The summed E-state index contributed by atoms with van der Waals surface area (Å²) >= 11 is 0. The zero-order chi connectivity index (χ0) is 89.9. The molecule has 0 saturated carbocycles. The van der Waals surface area contributed by atoms with Crippen LogP contribution in [0.15, 0.2) is 0 Å². The predicted octanol–water partition coefficient (Wildman–Crippen LogP) is 19.5. The molecule has 692 valence electrons. The summed E-state index contributed by atoms with van der Waals surface area (Å²) in [5.74, 6) is 5.57. The number of likely N-dealkylation sites (N-methyl/N-ethyl adjacent to an activating group) is 1. The average Bonchev–Trinajstić information content (AvgIpc) is 0.828. The summed E-state index contributed by atoms with van der Waals surface area (Å²) in [7, 11) is 11.2. The topological polar surface area (TPSA) is 159 Å². The van der Waals surface area contributed by atoms with Crippen LogP contribution in [-0.2, 0) is 23.8 Å². The van der Waals surface area contributed by atoms with Crippen LogP contribution < -0.4 is 0 Å². The zero-order valence-electron chi connectivity index (χ0n) is 82.9. The van der Waals surface area contributed by atoms with E-state index < -0.39 is 12.3 Å². The third kappa shape index (κ3) is 41.7. The lowest BCUT2D eigenvalue weighted by Gasteiger charge is -2.43. The fraction of sp³-hybridized carbons (Fsp3) is 0.949. The van der Waals surface area contributed by atoms with Gasteiger partial charge in [0.2, 0.25) is 11.8 Å². The van der Waals surface area contributed by atoms with E-state index in [1.54, 1.807) is 24.0 Å². The maximum atomic E-state index is 13.8. The molecule has 118 heavy (non-hydrogen) atoms. The lowest BCUT2D eigenvalue weighted by molar-refractivity contribution is -0.134. The van der Waals surface area contributed by atoms with E-state index in [2.05, 4.69) is 207 Å². The minimum Gasteiger partial charge on any atom is -0.383 e. The molecule has 9 saturated heterocycles. The van der Waals surface area contributed by atoms with Crippen molar-refractivity contribution in [2.45, 2.75) is 320 Å². The SMILES string of the molecule is CC(C)(C)C1CCN(CC(=O)N2CCCCC2)CC1.CC(C)(C)C1CN(C(=O)CC#N)CCC1F.CC(C)N1CCC(C(C)(C)C)CC1.CCN1CC[C@@H](C(C)C)[C@@H](F)C1.CN(C)C(=O)N1CCC(C(C)(C)C)CC1.COC1CN(C)CCC1C(C)(C)C.COC1CN(CCC#N)CCC1C(C)(C)C.COCCN1CCC(C(C)(C)C)CC1. The predicted molar refractivity (Wildman–Crippen MR) is 491 cm³/mol. The van der Waals surface area contributed by atoms with Crippen molar-refractivity contribution >= 4 is 17.8 Å². The number of nitrogens with zero attached hydrogens (tertiary/aromatic N) is 12. The normalized spacial score (nSPS) is 25.5. The molecule has 0 aromatic heterocycles. The number of hydrogen-bond acceptors (Lipinski definition) is 14. The van der Waals surface area contributed by atoms with Gasteiger partial charge in [0.15, 0.2) is 0 Å². The summed E-state index contributed by atoms with van der Waals surface area (Å²) in [4.78, 5) is 57.2. The van der Waals surface area contributed by atoms with E-state index >= 15 is 0 Å². The van der Waals surface area contributed by atoms with Gasteiger partial charge in [-0.05, 0) is 268 Å². The molecule has 9 aliphatic heterocycles. The Morgan fingerprint density at radius 2 is 0.856 bits per heavy atom. The molecular weight excluding hydrogens is 1480 g/mol. The molecule has 9 heterocycles. The minimum atomic E-state index is -0.842. The molecule has 18 nitrogen and oxygen atoms in total. The van der Waals surface area contributed by atoms with E-state index in [4.69, 9.17) is 24.7 Å². The average molecular weight is 1670 g/mol.